The van der Waals surface area contributed by atoms with E-state index in [9.17, 15) is 4.79 Å². The molecule has 5 N–H and O–H groups in total. The van der Waals surface area contributed by atoms with Gasteiger partial charge in [0.2, 0.25) is 5.95 Å². The van der Waals surface area contributed by atoms with Crippen LogP contribution in [0.1, 0.15) is 0 Å². The van der Waals surface area contributed by atoms with Crippen LogP contribution in [-0.2, 0) is 0 Å². The third-order valence-electron chi connectivity index (χ3n) is 2.83. The number of aromatic nitrogens is 4. The molecule has 0 atom stereocenters. The minimum absolute atomic E-state index is 0.0532. The molecule has 3 rings (SSSR count). The first kappa shape index (κ1) is 11.3. The lowest BCUT2D eigenvalue weighted by molar-refractivity contribution is 1.17. The van der Waals surface area contributed by atoms with Crippen molar-refractivity contribution in [1.29, 1.82) is 0 Å². The second-order valence-corrected chi connectivity index (χ2v) is 4.03. The average molecular weight is 256 g/mol. The number of hydrogen-bond acceptors (Lipinski definition) is 5. The van der Waals surface area contributed by atoms with E-state index in [1.165, 1.54) is 0 Å². The van der Waals surface area contributed by atoms with E-state index in [1.54, 1.807) is 0 Å². The smallest absolute Gasteiger partial charge is 0.278 e. The predicted octanol–water partition coefficient (Wildman–Crippen LogP) is 0.937. The minimum atomic E-state index is -0.330. The van der Waals surface area contributed by atoms with E-state index in [4.69, 9.17) is 5.73 Å². The Balaban J connectivity index is 2.26. The number of para-hydroxylation sites is 1. The van der Waals surface area contributed by atoms with Crippen molar-refractivity contribution in [2.45, 2.75) is 0 Å². The van der Waals surface area contributed by atoms with Gasteiger partial charge in [0.05, 0.1) is 0 Å². The van der Waals surface area contributed by atoms with Crippen LogP contribution in [0.3, 0.4) is 0 Å². The second kappa shape index (κ2) is 4.13. The zero-order chi connectivity index (χ0) is 13.4. The molecule has 0 aliphatic rings. The molecule has 0 aliphatic carbocycles. The Kier molecular flexibility index (Phi) is 2.45. The van der Waals surface area contributed by atoms with Gasteiger partial charge in [0, 0.05) is 18.3 Å². The largest absolute Gasteiger partial charge is 0.388 e. The fourth-order valence-corrected chi connectivity index (χ4v) is 1.96. The molecule has 0 radical (unpaired) electrons. The topological polar surface area (TPSA) is 112 Å². The molecule has 7 nitrogen and oxygen atoms in total. The van der Waals surface area contributed by atoms with Gasteiger partial charge in [-0.05, 0) is 12.1 Å². The number of hydrogen-bond donors (Lipinski definition) is 4. The zero-order valence-corrected chi connectivity index (χ0v) is 10.2. The number of benzene rings is 1. The van der Waals surface area contributed by atoms with Crippen LogP contribution < -0.4 is 16.6 Å². The molecule has 0 aliphatic heterocycles. The number of nitrogens with two attached hydrogens (primary N) is 1. The monoisotopic (exact) mass is 256 g/mol. The standard InChI is InChI=1S/C12H12N6O/c1-14-7-5-3-2-4-6(7)9-15-8-10(16-9)17-12(13)18-11(8)19/h2-5,14H,1H3,(H4,13,15,16,17,18,19). The van der Waals surface area contributed by atoms with Gasteiger partial charge in [-0.2, -0.15) is 4.98 Å². The van der Waals surface area contributed by atoms with Crippen molar-refractivity contribution in [2.24, 2.45) is 0 Å². The number of rotatable bonds is 2. The van der Waals surface area contributed by atoms with Gasteiger partial charge in [0.1, 0.15) is 5.82 Å². The molecule has 19 heavy (non-hydrogen) atoms. The van der Waals surface area contributed by atoms with Crippen LogP contribution in [0.25, 0.3) is 22.6 Å². The van der Waals surface area contributed by atoms with Gasteiger partial charge in [-0.3, -0.25) is 9.78 Å². The van der Waals surface area contributed by atoms with Gasteiger partial charge in [0.15, 0.2) is 11.2 Å². The van der Waals surface area contributed by atoms with E-state index < -0.39 is 0 Å². The number of imidazole rings is 1. The fraction of sp³-hybridized carbons (Fsp3) is 0.0833. The Morgan fingerprint density at radius 3 is 2.79 bits per heavy atom. The number of fused-ring (bicyclic) bond motifs is 1. The van der Waals surface area contributed by atoms with Crippen molar-refractivity contribution in [2.75, 3.05) is 18.1 Å². The molecule has 3 aromatic rings. The van der Waals surface area contributed by atoms with Crippen LogP contribution in [0.2, 0.25) is 0 Å². The molecule has 0 amide bonds. The zero-order valence-electron chi connectivity index (χ0n) is 10.2. The van der Waals surface area contributed by atoms with Crippen LogP contribution in [-0.4, -0.2) is 27.0 Å². The van der Waals surface area contributed by atoms with Crippen LogP contribution >= 0.6 is 0 Å². The van der Waals surface area contributed by atoms with E-state index in [2.05, 4.69) is 25.3 Å². The van der Waals surface area contributed by atoms with E-state index in [0.29, 0.717) is 17.0 Å². The lowest BCUT2D eigenvalue weighted by Gasteiger charge is -2.05. The third kappa shape index (κ3) is 1.81. The SMILES string of the molecule is CNc1ccccc1-c1nc2nc(N)[nH]c(=O)c2[nH]1. The van der Waals surface area contributed by atoms with Gasteiger partial charge in [-0.25, -0.2) is 4.98 Å². The van der Waals surface area contributed by atoms with Crippen LogP contribution in [0.4, 0.5) is 11.6 Å². The van der Waals surface area contributed by atoms with Crippen LogP contribution in [0, 0.1) is 0 Å². The fourth-order valence-electron chi connectivity index (χ4n) is 1.96. The summed E-state index contributed by atoms with van der Waals surface area (Å²) in [7, 11) is 1.82. The molecular weight excluding hydrogens is 244 g/mol. The second-order valence-electron chi connectivity index (χ2n) is 4.03. The first-order valence-electron chi connectivity index (χ1n) is 5.71. The lowest BCUT2D eigenvalue weighted by atomic mass is 10.1. The number of anilines is 2. The van der Waals surface area contributed by atoms with Crippen molar-refractivity contribution in [3.05, 3.63) is 34.6 Å². The van der Waals surface area contributed by atoms with E-state index in [0.717, 1.165) is 11.3 Å². The lowest BCUT2D eigenvalue weighted by Crippen LogP contribution is -2.10. The summed E-state index contributed by atoms with van der Waals surface area (Å²) in [5.41, 5.74) is 7.56. The Labute approximate surface area is 107 Å². The van der Waals surface area contributed by atoms with Crippen LogP contribution in [0.5, 0.6) is 0 Å². The molecule has 0 saturated carbocycles. The number of nitrogens with zero attached hydrogens (tertiary/aromatic N) is 2. The Morgan fingerprint density at radius 1 is 1.21 bits per heavy atom. The maximum atomic E-state index is 11.7. The Bertz CT molecular complexity index is 803. The van der Waals surface area contributed by atoms with Gasteiger partial charge >= 0.3 is 0 Å². The molecule has 0 fully saturated rings. The highest BCUT2D eigenvalue weighted by atomic mass is 16.1. The van der Waals surface area contributed by atoms with E-state index >= 15 is 0 Å². The molecule has 1 aromatic carbocycles. The number of nitrogen functional groups attached to an aromatic ring is 1. The van der Waals surface area contributed by atoms with Crippen molar-refractivity contribution in [1.82, 2.24) is 19.9 Å². The molecule has 7 heteroatoms. The minimum Gasteiger partial charge on any atom is -0.388 e. The number of nitrogens with one attached hydrogen (secondary N) is 3. The molecule has 96 valence electrons. The highest BCUT2D eigenvalue weighted by Crippen LogP contribution is 2.25. The Morgan fingerprint density at radius 2 is 2.00 bits per heavy atom. The van der Waals surface area contributed by atoms with Gasteiger partial charge in [-0.1, -0.05) is 12.1 Å². The van der Waals surface area contributed by atoms with Gasteiger partial charge in [-0.15, -0.1) is 0 Å². The normalized spacial score (nSPS) is 10.8. The molecule has 0 unspecified atom stereocenters. The summed E-state index contributed by atoms with van der Waals surface area (Å²) in [4.78, 5) is 25.4. The van der Waals surface area contributed by atoms with Gasteiger partial charge in [0.25, 0.3) is 5.56 Å². The summed E-state index contributed by atoms with van der Waals surface area (Å²) in [5.74, 6) is 0.626. The molecule has 2 heterocycles. The van der Waals surface area contributed by atoms with Crippen molar-refractivity contribution < 1.29 is 0 Å². The van der Waals surface area contributed by atoms with Crippen molar-refractivity contribution in [3.8, 4) is 11.4 Å². The summed E-state index contributed by atoms with van der Waals surface area (Å²) >= 11 is 0. The highest BCUT2D eigenvalue weighted by molar-refractivity contribution is 5.80. The maximum Gasteiger partial charge on any atom is 0.278 e. The average Bonchev–Trinajstić information content (AvgIpc) is 2.82. The molecular formula is C12H12N6O. The quantitative estimate of drug-likeness (QED) is 0.545. The maximum absolute atomic E-state index is 11.7. The predicted molar refractivity (Wildman–Crippen MR) is 73.9 cm³/mol. The summed E-state index contributed by atoms with van der Waals surface area (Å²) in [5, 5.41) is 3.07. The van der Waals surface area contributed by atoms with Gasteiger partial charge < -0.3 is 16.0 Å². The Hall–Kier alpha value is -2.83. The van der Waals surface area contributed by atoms with E-state index in [-0.39, 0.29) is 11.5 Å². The number of H-pyrrole nitrogens is 2. The van der Waals surface area contributed by atoms with E-state index in [1.807, 2.05) is 31.3 Å². The molecule has 2 aromatic heterocycles. The molecule has 0 saturated heterocycles. The first-order chi connectivity index (χ1) is 9.19. The summed E-state index contributed by atoms with van der Waals surface area (Å²) in [6.07, 6.45) is 0. The first-order valence-corrected chi connectivity index (χ1v) is 5.71. The van der Waals surface area contributed by atoms with Crippen molar-refractivity contribution >= 4 is 22.8 Å². The van der Waals surface area contributed by atoms with Crippen molar-refractivity contribution in [3.63, 3.8) is 0 Å². The summed E-state index contributed by atoms with van der Waals surface area (Å²) in [6, 6.07) is 7.64. The van der Waals surface area contributed by atoms with Crippen LogP contribution in [0.15, 0.2) is 29.1 Å². The molecule has 0 bridgehead atoms. The summed E-state index contributed by atoms with van der Waals surface area (Å²) in [6.45, 7) is 0. The molecule has 0 spiro atoms. The summed E-state index contributed by atoms with van der Waals surface area (Å²) < 4.78 is 0. The number of aromatic amines is 2. The highest BCUT2D eigenvalue weighted by Gasteiger charge is 2.12. The third-order valence-corrected chi connectivity index (χ3v) is 2.83.